The van der Waals surface area contributed by atoms with Gasteiger partial charge in [-0.2, -0.15) is 0 Å². The molecule has 1 atom stereocenters. The number of amides is 1. The van der Waals surface area contributed by atoms with Crippen LogP contribution < -0.4 is 15.5 Å². The van der Waals surface area contributed by atoms with Gasteiger partial charge in [0, 0.05) is 30.9 Å². The van der Waals surface area contributed by atoms with Crippen molar-refractivity contribution in [2.75, 3.05) is 28.7 Å². The molecule has 0 saturated carbocycles. The highest BCUT2D eigenvalue weighted by Crippen LogP contribution is 2.26. The number of nitrogens with zero attached hydrogens (tertiary/aromatic N) is 3. The Morgan fingerprint density at radius 1 is 1.29 bits per heavy atom. The number of carbonyl (C=O) groups is 1. The first kappa shape index (κ1) is 16.2. The number of carbonyl (C=O) groups excluding carboxylic acids is 1. The Kier molecular flexibility index (Phi) is 4.90. The monoisotopic (exact) mass is 327 g/mol. The number of rotatable bonds is 5. The average molecular weight is 327 g/mol. The summed E-state index contributed by atoms with van der Waals surface area (Å²) in [5.74, 6) is 1.41. The first-order chi connectivity index (χ1) is 11.7. The first-order valence-corrected chi connectivity index (χ1v) is 8.00. The number of aromatic nitrogens is 2. The van der Waals surface area contributed by atoms with Crippen LogP contribution in [-0.2, 0) is 4.79 Å². The number of anilines is 4. The number of aliphatic hydroxyl groups excluding tert-OH is 1. The summed E-state index contributed by atoms with van der Waals surface area (Å²) in [4.78, 5) is 21.7. The third kappa shape index (κ3) is 3.80. The zero-order valence-corrected chi connectivity index (χ0v) is 13.6. The van der Waals surface area contributed by atoms with Crippen LogP contribution in [0, 0.1) is 0 Å². The maximum atomic E-state index is 11.0. The summed E-state index contributed by atoms with van der Waals surface area (Å²) in [6.07, 6.45) is 3.56. The van der Waals surface area contributed by atoms with E-state index in [1.165, 1.54) is 13.3 Å². The molecule has 3 rings (SSSR count). The highest BCUT2D eigenvalue weighted by molar-refractivity contribution is 5.88. The van der Waals surface area contributed by atoms with E-state index in [1.54, 1.807) is 0 Å². The topological polar surface area (TPSA) is 90.4 Å². The average Bonchev–Trinajstić information content (AvgIpc) is 3.05. The molecule has 3 N–H and O–H groups in total. The van der Waals surface area contributed by atoms with Crippen molar-refractivity contribution in [2.45, 2.75) is 25.8 Å². The molecule has 2 heterocycles. The second-order valence-corrected chi connectivity index (χ2v) is 5.82. The second kappa shape index (κ2) is 7.27. The molecule has 1 unspecified atom stereocenters. The summed E-state index contributed by atoms with van der Waals surface area (Å²) in [6.45, 7) is 2.51. The molecular formula is C17H21N5O2. The van der Waals surface area contributed by atoms with E-state index in [-0.39, 0.29) is 18.6 Å². The van der Waals surface area contributed by atoms with Crippen molar-refractivity contribution in [3.8, 4) is 0 Å². The van der Waals surface area contributed by atoms with Gasteiger partial charge in [0.05, 0.1) is 12.6 Å². The van der Waals surface area contributed by atoms with Gasteiger partial charge in [0.25, 0.3) is 0 Å². The number of benzene rings is 1. The second-order valence-electron chi connectivity index (χ2n) is 5.82. The number of aliphatic hydroxyl groups is 1. The molecule has 1 saturated heterocycles. The van der Waals surface area contributed by atoms with Crippen molar-refractivity contribution in [3.63, 3.8) is 0 Å². The van der Waals surface area contributed by atoms with Crippen molar-refractivity contribution in [3.05, 3.63) is 36.7 Å². The van der Waals surface area contributed by atoms with Crippen LogP contribution in [0.25, 0.3) is 0 Å². The normalized spacial score (nSPS) is 16.9. The van der Waals surface area contributed by atoms with Gasteiger partial charge in [-0.25, -0.2) is 9.97 Å². The van der Waals surface area contributed by atoms with Gasteiger partial charge in [0.1, 0.15) is 18.0 Å². The highest BCUT2D eigenvalue weighted by atomic mass is 16.3. The van der Waals surface area contributed by atoms with E-state index in [0.29, 0.717) is 5.82 Å². The Morgan fingerprint density at radius 3 is 2.75 bits per heavy atom. The van der Waals surface area contributed by atoms with Crippen LogP contribution in [0.15, 0.2) is 36.7 Å². The Morgan fingerprint density at radius 2 is 2.04 bits per heavy atom. The molecule has 126 valence electrons. The van der Waals surface area contributed by atoms with Gasteiger partial charge in [0.2, 0.25) is 5.91 Å². The van der Waals surface area contributed by atoms with E-state index in [0.717, 1.165) is 36.6 Å². The molecule has 0 bridgehead atoms. The Labute approximate surface area is 140 Å². The van der Waals surface area contributed by atoms with Crippen LogP contribution in [0.3, 0.4) is 0 Å². The van der Waals surface area contributed by atoms with Crippen LogP contribution in [-0.4, -0.2) is 40.2 Å². The van der Waals surface area contributed by atoms with Gasteiger partial charge in [-0.15, -0.1) is 0 Å². The van der Waals surface area contributed by atoms with Crippen molar-refractivity contribution >= 4 is 28.9 Å². The van der Waals surface area contributed by atoms with Crippen LogP contribution in [0.1, 0.15) is 19.8 Å². The third-order valence-corrected chi connectivity index (χ3v) is 4.01. The zero-order chi connectivity index (χ0) is 16.9. The third-order valence-electron chi connectivity index (χ3n) is 4.01. The van der Waals surface area contributed by atoms with Crippen molar-refractivity contribution in [1.82, 2.24) is 9.97 Å². The molecule has 1 aliphatic heterocycles. The van der Waals surface area contributed by atoms with Gasteiger partial charge in [-0.3, -0.25) is 4.79 Å². The highest BCUT2D eigenvalue weighted by Gasteiger charge is 2.25. The molecular weight excluding hydrogens is 306 g/mol. The lowest BCUT2D eigenvalue weighted by atomic mass is 10.2. The van der Waals surface area contributed by atoms with E-state index >= 15 is 0 Å². The molecule has 1 amide bonds. The van der Waals surface area contributed by atoms with E-state index in [1.807, 2.05) is 30.3 Å². The molecule has 1 fully saturated rings. The van der Waals surface area contributed by atoms with Crippen molar-refractivity contribution < 1.29 is 9.90 Å². The quantitative estimate of drug-likeness (QED) is 0.779. The maximum Gasteiger partial charge on any atom is 0.221 e. The van der Waals surface area contributed by atoms with Gasteiger partial charge in [-0.05, 0) is 37.1 Å². The summed E-state index contributed by atoms with van der Waals surface area (Å²) < 4.78 is 0. The van der Waals surface area contributed by atoms with Crippen molar-refractivity contribution in [1.29, 1.82) is 0 Å². The zero-order valence-electron chi connectivity index (χ0n) is 13.6. The van der Waals surface area contributed by atoms with E-state index in [2.05, 4.69) is 25.5 Å². The summed E-state index contributed by atoms with van der Waals surface area (Å²) in [5, 5.41) is 15.4. The minimum Gasteiger partial charge on any atom is -0.394 e. The Balaban J connectivity index is 1.71. The number of nitrogens with one attached hydrogen (secondary N) is 2. The van der Waals surface area contributed by atoms with Crippen LogP contribution in [0.2, 0.25) is 0 Å². The molecule has 7 heteroatoms. The van der Waals surface area contributed by atoms with Crippen LogP contribution in [0.4, 0.5) is 23.0 Å². The Hall–Kier alpha value is -2.67. The van der Waals surface area contributed by atoms with Gasteiger partial charge in [-0.1, -0.05) is 0 Å². The van der Waals surface area contributed by atoms with E-state index < -0.39 is 0 Å². The largest absolute Gasteiger partial charge is 0.394 e. The number of hydrogen-bond acceptors (Lipinski definition) is 6. The van der Waals surface area contributed by atoms with Crippen LogP contribution in [0.5, 0.6) is 0 Å². The van der Waals surface area contributed by atoms with E-state index in [4.69, 9.17) is 0 Å². The summed E-state index contributed by atoms with van der Waals surface area (Å²) in [7, 11) is 0. The van der Waals surface area contributed by atoms with Crippen molar-refractivity contribution in [2.24, 2.45) is 0 Å². The summed E-state index contributed by atoms with van der Waals surface area (Å²) in [5.41, 5.74) is 1.62. The summed E-state index contributed by atoms with van der Waals surface area (Å²) in [6, 6.07) is 9.42. The smallest absolute Gasteiger partial charge is 0.221 e. The molecule has 1 aromatic heterocycles. The fourth-order valence-corrected chi connectivity index (χ4v) is 2.89. The minimum atomic E-state index is -0.0970. The molecule has 0 spiro atoms. The molecule has 0 radical (unpaired) electrons. The lowest BCUT2D eigenvalue weighted by Crippen LogP contribution is -2.32. The lowest BCUT2D eigenvalue weighted by Gasteiger charge is -2.24. The Bertz CT molecular complexity index is 704. The summed E-state index contributed by atoms with van der Waals surface area (Å²) >= 11 is 0. The number of hydrogen-bond donors (Lipinski definition) is 3. The van der Waals surface area contributed by atoms with E-state index in [9.17, 15) is 9.90 Å². The standard InChI is InChI=1S/C17H21N5O2/c1-12(24)20-13-4-6-14(7-5-13)21-16-9-17(19-11-18-16)22-8-2-3-15(22)10-23/h4-7,9,11,15,23H,2-3,8,10H2,1H3,(H,20,24)(H,18,19,21). The molecule has 0 aliphatic carbocycles. The molecule has 2 aromatic rings. The maximum absolute atomic E-state index is 11.0. The molecule has 24 heavy (non-hydrogen) atoms. The molecule has 1 aliphatic rings. The SMILES string of the molecule is CC(=O)Nc1ccc(Nc2cc(N3CCCC3CO)ncn2)cc1. The van der Waals surface area contributed by atoms with Gasteiger partial charge < -0.3 is 20.6 Å². The first-order valence-electron chi connectivity index (χ1n) is 8.00. The van der Waals surface area contributed by atoms with Crippen LogP contribution >= 0.6 is 0 Å². The fraction of sp³-hybridized carbons (Fsp3) is 0.353. The fourth-order valence-electron chi connectivity index (χ4n) is 2.89. The molecule has 7 nitrogen and oxygen atoms in total. The molecule has 1 aromatic carbocycles. The minimum absolute atomic E-state index is 0.0970. The van der Waals surface area contributed by atoms with Gasteiger partial charge in [0.15, 0.2) is 0 Å². The lowest BCUT2D eigenvalue weighted by molar-refractivity contribution is -0.114. The predicted octanol–water partition coefficient (Wildman–Crippen LogP) is 2.14. The van der Waals surface area contributed by atoms with Gasteiger partial charge >= 0.3 is 0 Å². The predicted molar refractivity (Wildman–Crippen MR) is 93.5 cm³/mol.